The highest BCUT2D eigenvalue weighted by Gasteiger charge is 2.33. The van der Waals surface area contributed by atoms with Crippen molar-refractivity contribution in [2.75, 3.05) is 19.6 Å². The van der Waals surface area contributed by atoms with E-state index in [1.54, 1.807) is 6.92 Å². The molecule has 20 heavy (non-hydrogen) atoms. The van der Waals surface area contributed by atoms with E-state index in [2.05, 4.69) is 10.4 Å². The zero-order valence-electron chi connectivity index (χ0n) is 10.8. The van der Waals surface area contributed by atoms with Crippen molar-refractivity contribution in [3.63, 3.8) is 0 Å². The zero-order valence-corrected chi connectivity index (χ0v) is 11.6. The summed E-state index contributed by atoms with van der Waals surface area (Å²) in [4.78, 5) is -0.212. The Bertz CT molecular complexity index is 569. The summed E-state index contributed by atoms with van der Waals surface area (Å²) in [5.74, 6) is 0. The van der Waals surface area contributed by atoms with Crippen LogP contribution in [0.5, 0.6) is 0 Å². The molecule has 1 aromatic heterocycles. The maximum atomic E-state index is 12.3. The molecule has 1 atom stereocenters. The smallest absolute Gasteiger partial charge is 0.314 e. The maximum Gasteiger partial charge on any atom is 0.408 e. The molecule has 0 amide bonds. The van der Waals surface area contributed by atoms with E-state index in [-0.39, 0.29) is 17.5 Å². The van der Waals surface area contributed by atoms with Crippen LogP contribution in [0, 0.1) is 0 Å². The van der Waals surface area contributed by atoms with E-state index in [0.717, 1.165) is 12.4 Å². The SMILES string of the molecule is CC1CNCCN1S(=O)(=O)c1cnn(CC(F)(F)F)c1. The number of hydrogen-bond acceptors (Lipinski definition) is 4. The number of alkyl halides is 3. The molecule has 2 rings (SSSR count). The third kappa shape index (κ3) is 3.30. The molecule has 114 valence electrons. The fourth-order valence-corrected chi connectivity index (χ4v) is 3.65. The molecule has 1 aliphatic heterocycles. The molecule has 0 radical (unpaired) electrons. The van der Waals surface area contributed by atoms with Crippen LogP contribution in [-0.2, 0) is 16.6 Å². The van der Waals surface area contributed by atoms with Crippen LogP contribution in [0.25, 0.3) is 0 Å². The predicted molar refractivity (Wildman–Crippen MR) is 64.5 cm³/mol. The largest absolute Gasteiger partial charge is 0.408 e. The molecular formula is C10H15F3N4O2S. The third-order valence-electron chi connectivity index (χ3n) is 3.00. The minimum atomic E-state index is -4.44. The van der Waals surface area contributed by atoms with Gasteiger partial charge in [0.15, 0.2) is 0 Å². The summed E-state index contributed by atoms with van der Waals surface area (Å²) in [7, 11) is -3.80. The van der Waals surface area contributed by atoms with Gasteiger partial charge in [-0.15, -0.1) is 0 Å². The molecule has 1 saturated heterocycles. The molecule has 1 N–H and O–H groups in total. The standard InChI is InChI=1S/C10H15F3N4O2S/c1-8-4-14-2-3-17(8)20(18,19)9-5-15-16(6-9)7-10(11,12)13/h5-6,8,14H,2-4,7H2,1H3. The Morgan fingerprint density at radius 1 is 1.50 bits per heavy atom. The van der Waals surface area contributed by atoms with Crippen molar-refractivity contribution in [3.8, 4) is 0 Å². The molecule has 0 aromatic carbocycles. The number of hydrogen-bond donors (Lipinski definition) is 1. The van der Waals surface area contributed by atoms with Gasteiger partial charge in [-0.3, -0.25) is 4.68 Å². The van der Waals surface area contributed by atoms with Crippen LogP contribution in [-0.4, -0.2) is 54.4 Å². The Hall–Kier alpha value is -1.13. The van der Waals surface area contributed by atoms with Crippen molar-refractivity contribution in [1.82, 2.24) is 19.4 Å². The third-order valence-corrected chi connectivity index (χ3v) is 4.96. The van der Waals surface area contributed by atoms with E-state index in [9.17, 15) is 21.6 Å². The van der Waals surface area contributed by atoms with Gasteiger partial charge < -0.3 is 5.32 Å². The maximum absolute atomic E-state index is 12.3. The summed E-state index contributed by atoms with van der Waals surface area (Å²) in [5.41, 5.74) is 0. The van der Waals surface area contributed by atoms with Crippen molar-refractivity contribution in [1.29, 1.82) is 0 Å². The molecule has 0 bridgehead atoms. The van der Waals surface area contributed by atoms with Crippen LogP contribution < -0.4 is 5.32 Å². The monoisotopic (exact) mass is 312 g/mol. The lowest BCUT2D eigenvalue weighted by Crippen LogP contribution is -2.52. The van der Waals surface area contributed by atoms with Crippen LogP contribution >= 0.6 is 0 Å². The second-order valence-corrected chi connectivity index (χ2v) is 6.55. The molecule has 0 saturated carbocycles. The Morgan fingerprint density at radius 3 is 2.80 bits per heavy atom. The normalized spacial score (nSPS) is 22.1. The van der Waals surface area contributed by atoms with E-state index in [0.29, 0.717) is 17.8 Å². The van der Waals surface area contributed by atoms with Crippen molar-refractivity contribution in [3.05, 3.63) is 12.4 Å². The highest BCUT2D eigenvalue weighted by Crippen LogP contribution is 2.21. The van der Waals surface area contributed by atoms with Gasteiger partial charge >= 0.3 is 6.18 Å². The molecule has 10 heteroatoms. The molecule has 0 aliphatic carbocycles. The molecular weight excluding hydrogens is 297 g/mol. The predicted octanol–water partition coefficient (Wildman–Crippen LogP) is 0.428. The first kappa shape index (κ1) is 15.3. The van der Waals surface area contributed by atoms with Gasteiger partial charge in [-0.1, -0.05) is 0 Å². The molecule has 2 heterocycles. The number of sulfonamides is 1. The highest BCUT2D eigenvalue weighted by molar-refractivity contribution is 7.89. The van der Waals surface area contributed by atoms with Crippen LogP contribution in [0.4, 0.5) is 13.2 Å². The van der Waals surface area contributed by atoms with Crippen LogP contribution in [0.15, 0.2) is 17.3 Å². The number of nitrogens with zero attached hydrogens (tertiary/aromatic N) is 3. The molecule has 1 fully saturated rings. The van der Waals surface area contributed by atoms with Crippen molar-refractivity contribution in [2.24, 2.45) is 0 Å². The number of halogens is 3. The average molecular weight is 312 g/mol. The summed E-state index contributed by atoms with van der Waals surface area (Å²) < 4.78 is 63.2. The van der Waals surface area contributed by atoms with Crippen molar-refractivity contribution < 1.29 is 21.6 Å². The number of rotatable bonds is 3. The second kappa shape index (κ2) is 5.34. The first-order chi connectivity index (χ1) is 9.20. The summed E-state index contributed by atoms with van der Waals surface area (Å²) in [6.45, 7) is 1.74. The van der Waals surface area contributed by atoms with Gasteiger partial charge in [0.2, 0.25) is 10.0 Å². The van der Waals surface area contributed by atoms with Gasteiger partial charge in [0, 0.05) is 31.9 Å². The van der Waals surface area contributed by atoms with Gasteiger partial charge in [0.05, 0.1) is 6.20 Å². The van der Waals surface area contributed by atoms with E-state index in [1.165, 1.54) is 4.31 Å². The summed E-state index contributed by atoms with van der Waals surface area (Å²) in [5, 5.41) is 6.51. The van der Waals surface area contributed by atoms with E-state index in [4.69, 9.17) is 0 Å². The molecule has 1 aromatic rings. The van der Waals surface area contributed by atoms with Gasteiger partial charge in [-0.05, 0) is 6.92 Å². The van der Waals surface area contributed by atoms with Crippen LogP contribution in [0.1, 0.15) is 6.92 Å². The average Bonchev–Trinajstić information content (AvgIpc) is 2.76. The summed E-state index contributed by atoms with van der Waals surface area (Å²) in [6, 6.07) is -0.250. The fourth-order valence-electron chi connectivity index (χ4n) is 2.06. The van der Waals surface area contributed by atoms with E-state index < -0.39 is 22.7 Å². The van der Waals surface area contributed by atoms with E-state index in [1.807, 2.05) is 0 Å². The quantitative estimate of drug-likeness (QED) is 0.879. The Kier molecular flexibility index (Phi) is 4.07. The molecule has 0 spiro atoms. The van der Waals surface area contributed by atoms with Gasteiger partial charge in [0.25, 0.3) is 0 Å². The first-order valence-corrected chi connectivity index (χ1v) is 7.46. The van der Waals surface area contributed by atoms with Gasteiger partial charge in [0.1, 0.15) is 11.4 Å². The zero-order chi connectivity index (χ0) is 15.0. The highest BCUT2D eigenvalue weighted by atomic mass is 32.2. The number of piperazine rings is 1. The van der Waals surface area contributed by atoms with E-state index >= 15 is 0 Å². The Labute approximate surface area is 114 Å². The summed E-state index contributed by atoms with van der Waals surface area (Å²) >= 11 is 0. The van der Waals surface area contributed by atoms with Crippen LogP contribution in [0.3, 0.4) is 0 Å². The topological polar surface area (TPSA) is 67.2 Å². The number of aromatic nitrogens is 2. The van der Waals surface area contributed by atoms with Gasteiger partial charge in [-0.25, -0.2) is 8.42 Å². The van der Waals surface area contributed by atoms with Crippen molar-refractivity contribution in [2.45, 2.75) is 30.6 Å². The van der Waals surface area contributed by atoms with Crippen molar-refractivity contribution >= 4 is 10.0 Å². The Morgan fingerprint density at radius 2 is 2.20 bits per heavy atom. The minimum absolute atomic E-state index is 0.212. The second-order valence-electron chi connectivity index (χ2n) is 4.66. The number of nitrogens with one attached hydrogen (secondary N) is 1. The first-order valence-electron chi connectivity index (χ1n) is 6.02. The van der Waals surface area contributed by atoms with Crippen LogP contribution in [0.2, 0.25) is 0 Å². The lowest BCUT2D eigenvalue weighted by atomic mass is 10.3. The minimum Gasteiger partial charge on any atom is -0.314 e. The molecule has 1 unspecified atom stereocenters. The summed E-state index contributed by atoms with van der Waals surface area (Å²) in [6.07, 6.45) is -2.57. The van der Waals surface area contributed by atoms with Gasteiger partial charge in [-0.2, -0.15) is 22.6 Å². The fraction of sp³-hybridized carbons (Fsp3) is 0.700. The lowest BCUT2D eigenvalue weighted by molar-refractivity contribution is -0.142. The lowest BCUT2D eigenvalue weighted by Gasteiger charge is -2.32. The molecule has 1 aliphatic rings. The Balaban J connectivity index is 2.22. The molecule has 6 nitrogen and oxygen atoms in total.